The highest BCUT2D eigenvalue weighted by atomic mass is 19.4. The largest absolute Gasteiger partial charge is 0.522 e. The van der Waals surface area contributed by atoms with E-state index in [1.807, 2.05) is 0 Å². The number of rotatable bonds is 9. The molecule has 2 atom stereocenters. The van der Waals surface area contributed by atoms with Crippen LogP contribution in [0.15, 0.2) is 0 Å². The van der Waals surface area contributed by atoms with E-state index >= 15 is 0 Å². The fraction of sp³-hybridized carbons (Fsp3) is 0.842. The van der Waals surface area contributed by atoms with Gasteiger partial charge in [-0.05, 0) is 31.6 Å². The van der Waals surface area contributed by atoms with Gasteiger partial charge < -0.3 is 10.1 Å². The van der Waals surface area contributed by atoms with Crippen LogP contribution in [0.1, 0.15) is 38.5 Å². The standard InChI is InChI=1S/C19H23F6N3O6/c20-18(21,22)33-4-9-1-12(9)14(30)27-28-15(31)16-6-17(7-16,8-16)26-13(29)5-32-10-2-11(3-10)34-19(23,24)25/h9-12H,1-8H2,(H,26,29)(H,27,30)(H,28,31). The van der Waals surface area contributed by atoms with Gasteiger partial charge in [-0.1, -0.05) is 0 Å². The summed E-state index contributed by atoms with van der Waals surface area (Å²) in [7, 11) is 0. The number of hydrogen-bond donors (Lipinski definition) is 3. The van der Waals surface area contributed by atoms with Gasteiger partial charge in [0.2, 0.25) is 17.7 Å². The Bertz CT molecular complexity index is 824. The predicted molar refractivity (Wildman–Crippen MR) is 96.9 cm³/mol. The molecule has 5 saturated carbocycles. The number of ether oxygens (including phenoxy) is 3. The van der Waals surface area contributed by atoms with Gasteiger partial charge in [0.25, 0.3) is 0 Å². The lowest BCUT2D eigenvalue weighted by molar-refractivity contribution is -0.357. The number of carbonyl (C=O) groups excluding carboxylic acids is 3. The van der Waals surface area contributed by atoms with Crippen molar-refractivity contribution in [2.24, 2.45) is 17.3 Å². The Morgan fingerprint density at radius 2 is 1.53 bits per heavy atom. The van der Waals surface area contributed by atoms with Crippen LogP contribution in [0.25, 0.3) is 0 Å². The number of hydrogen-bond acceptors (Lipinski definition) is 6. The molecule has 5 aliphatic carbocycles. The molecule has 15 heteroatoms. The molecule has 5 rings (SSSR count). The van der Waals surface area contributed by atoms with Crippen LogP contribution in [0.4, 0.5) is 26.3 Å². The van der Waals surface area contributed by atoms with Crippen LogP contribution in [0.3, 0.4) is 0 Å². The first kappa shape index (κ1) is 25.0. The van der Waals surface area contributed by atoms with E-state index in [4.69, 9.17) is 4.74 Å². The Labute approximate surface area is 189 Å². The first-order valence-electron chi connectivity index (χ1n) is 10.7. The Morgan fingerprint density at radius 3 is 2.12 bits per heavy atom. The van der Waals surface area contributed by atoms with Crippen molar-refractivity contribution in [2.75, 3.05) is 13.2 Å². The summed E-state index contributed by atoms with van der Waals surface area (Å²) in [5.41, 5.74) is 3.22. The SMILES string of the molecule is O=C(COC1CC(OC(F)(F)F)C1)NC12CC(C(=O)NNC(=O)C3CC3COC(F)(F)F)(C1)C2. The Morgan fingerprint density at radius 1 is 0.882 bits per heavy atom. The van der Waals surface area contributed by atoms with Crippen LogP contribution in [0.2, 0.25) is 0 Å². The van der Waals surface area contributed by atoms with Crippen molar-refractivity contribution >= 4 is 17.7 Å². The summed E-state index contributed by atoms with van der Waals surface area (Å²) in [5, 5.41) is 2.77. The Kier molecular flexibility index (Phi) is 6.26. The summed E-state index contributed by atoms with van der Waals surface area (Å²) in [4.78, 5) is 36.4. The first-order chi connectivity index (χ1) is 15.7. The van der Waals surface area contributed by atoms with E-state index in [1.54, 1.807) is 0 Å². The molecule has 5 fully saturated rings. The van der Waals surface area contributed by atoms with Crippen molar-refractivity contribution in [1.82, 2.24) is 16.2 Å². The van der Waals surface area contributed by atoms with E-state index in [9.17, 15) is 40.7 Å². The molecule has 0 aromatic heterocycles. The molecule has 0 heterocycles. The first-order valence-corrected chi connectivity index (χ1v) is 10.7. The average molecular weight is 503 g/mol. The van der Waals surface area contributed by atoms with E-state index in [2.05, 4.69) is 25.6 Å². The minimum atomic E-state index is -4.76. The molecule has 0 saturated heterocycles. The topological polar surface area (TPSA) is 115 Å². The van der Waals surface area contributed by atoms with Gasteiger partial charge in [0.05, 0.1) is 24.2 Å². The van der Waals surface area contributed by atoms with E-state index in [-0.39, 0.29) is 25.9 Å². The Hall–Kier alpha value is -2.13. The third-order valence-electron chi connectivity index (χ3n) is 6.74. The van der Waals surface area contributed by atoms with Crippen molar-refractivity contribution < 1.29 is 54.9 Å². The minimum Gasteiger partial charge on any atom is -0.368 e. The summed E-state index contributed by atoms with van der Waals surface area (Å²) in [6, 6.07) is 0. The van der Waals surface area contributed by atoms with Crippen LogP contribution in [-0.4, -0.2) is 61.4 Å². The van der Waals surface area contributed by atoms with Gasteiger partial charge in [0.15, 0.2) is 0 Å². The van der Waals surface area contributed by atoms with Crippen LogP contribution in [-0.2, 0) is 28.6 Å². The van der Waals surface area contributed by atoms with Crippen LogP contribution in [0, 0.1) is 17.3 Å². The fourth-order valence-electron chi connectivity index (χ4n) is 4.92. The zero-order chi connectivity index (χ0) is 24.9. The summed E-state index contributed by atoms with van der Waals surface area (Å²) < 4.78 is 85.1. The average Bonchev–Trinajstić information content (AvgIpc) is 3.39. The number of carbonyl (C=O) groups is 3. The van der Waals surface area contributed by atoms with E-state index in [0.29, 0.717) is 19.3 Å². The summed E-state index contributed by atoms with van der Waals surface area (Å²) >= 11 is 0. The second-order valence-corrected chi connectivity index (χ2v) is 9.53. The second-order valence-electron chi connectivity index (χ2n) is 9.53. The van der Waals surface area contributed by atoms with Gasteiger partial charge in [0.1, 0.15) is 6.61 Å². The van der Waals surface area contributed by atoms with Crippen molar-refractivity contribution in [2.45, 2.75) is 69.0 Å². The molecule has 3 N–H and O–H groups in total. The van der Waals surface area contributed by atoms with Gasteiger partial charge in [-0.15, -0.1) is 26.3 Å². The highest BCUT2D eigenvalue weighted by molar-refractivity contribution is 5.91. The monoisotopic (exact) mass is 503 g/mol. The molecule has 0 radical (unpaired) electrons. The molecule has 3 amide bonds. The molecule has 0 aromatic rings. The lowest BCUT2D eigenvalue weighted by Gasteiger charge is -2.68. The molecular weight excluding hydrogens is 480 g/mol. The molecule has 0 aliphatic heterocycles. The summed E-state index contributed by atoms with van der Waals surface area (Å²) in [5.74, 6) is -2.69. The van der Waals surface area contributed by atoms with Gasteiger partial charge in [-0.2, -0.15) is 0 Å². The lowest BCUT2D eigenvalue weighted by Crippen LogP contribution is -2.79. The molecule has 5 aliphatic rings. The molecule has 192 valence electrons. The lowest BCUT2D eigenvalue weighted by atomic mass is 9.39. The number of hydrazine groups is 1. The molecule has 9 nitrogen and oxygen atoms in total. The van der Waals surface area contributed by atoms with Gasteiger partial charge in [-0.3, -0.25) is 34.7 Å². The highest BCUT2D eigenvalue weighted by Crippen LogP contribution is 2.67. The predicted octanol–water partition coefficient (Wildman–Crippen LogP) is 1.43. The van der Waals surface area contributed by atoms with Crippen molar-refractivity contribution in [1.29, 1.82) is 0 Å². The molecule has 0 spiro atoms. The van der Waals surface area contributed by atoms with Crippen LogP contribution >= 0.6 is 0 Å². The summed E-state index contributed by atoms with van der Waals surface area (Å²) in [6.07, 6.45) is -9.54. The maximum absolute atomic E-state index is 12.4. The maximum Gasteiger partial charge on any atom is 0.522 e. The van der Waals surface area contributed by atoms with Crippen molar-refractivity contribution in [3.63, 3.8) is 0 Å². The number of nitrogens with one attached hydrogen (secondary N) is 3. The van der Waals surface area contributed by atoms with E-state index in [0.717, 1.165) is 0 Å². The second kappa shape index (κ2) is 8.52. The Balaban J connectivity index is 1.07. The normalized spacial score (nSPS) is 35.8. The van der Waals surface area contributed by atoms with Gasteiger partial charge >= 0.3 is 12.7 Å². The minimum absolute atomic E-state index is 0.0455. The van der Waals surface area contributed by atoms with E-state index < -0.39 is 72.1 Å². The zero-order valence-corrected chi connectivity index (χ0v) is 17.7. The number of alkyl halides is 6. The van der Waals surface area contributed by atoms with Gasteiger partial charge in [0, 0.05) is 24.3 Å². The quantitative estimate of drug-likeness (QED) is 0.324. The van der Waals surface area contributed by atoms with E-state index in [1.165, 1.54) is 0 Å². The molecular formula is C19H23F6N3O6. The third-order valence-corrected chi connectivity index (χ3v) is 6.74. The fourth-order valence-corrected chi connectivity index (χ4v) is 4.92. The van der Waals surface area contributed by atoms with Gasteiger partial charge in [-0.25, -0.2) is 0 Å². The number of amides is 3. The molecule has 2 bridgehead atoms. The number of halogens is 6. The maximum atomic E-state index is 12.4. The zero-order valence-electron chi connectivity index (χ0n) is 17.7. The molecule has 0 aromatic carbocycles. The molecule has 34 heavy (non-hydrogen) atoms. The van der Waals surface area contributed by atoms with Crippen molar-refractivity contribution in [3.8, 4) is 0 Å². The molecule has 2 unspecified atom stereocenters. The highest BCUT2D eigenvalue weighted by Gasteiger charge is 2.72. The van der Waals surface area contributed by atoms with Crippen molar-refractivity contribution in [3.05, 3.63) is 0 Å². The summed E-state index contributed by atoms with van der Waals surface area (Å²) in [6.45, 7) is -0.935. The smallest absolute Gasteiger partial charge is 0.368 e. The van der Waals surface area contributed by atoms with Crippen LogP contribution < -0.4 is 16.2 Å². The van der Waals surface area contributed by atoms with Crippen LogP contribution in [0.5, 0.6) is 0 Å². The third kappa shape index (κ3) is 5.74.